The van der Waals surface area contributed by atoms with Crippen molar-refractivity contribution in [2.24, 2.45) is 0 Å². The molecule has 0 bridgehead atoms. The van der Waals surface area contributed by atoms with E-state index in [-0.39, 0.29) is 23.3 Å². The van der Waals surface area contributed by atoms with Gasteiger partial charge in [0.1, 0.15) is 23.2 Å². The smallest absolute Gasteiger partial charge is 0.133 e. The van der Waals surface area contributed by atoms with Gasteiger partial charge in [0.05, 0.1) is 18.3 Å². The third-order valence-electron chi connectivity index (χ3n) is 3.28. The van der Waals surface area contributed by atoms with Gasteiger partial charge in [-0.3, -0.25) is 0 Å². The van der Waals surface area contributed by atoms with E-state index in [0.717, 1.165) is 12.1 Å². The molecule has 2 aromatic carbocycles. The van der Waals surface area contributed by atoms with Crippen LogP contribution in [0.4, 0.5) is 13.2 Å². The lowest BCUT2D eigenvalue weighted by Crippen LogP contribution is -2.27. The van der Waals surface area contributed by atoms with Crippen LogP contribution in [-0.4, -0.2) is 12.2 Å². The molecular weight excluding hydrogens is 281 g/mol. The first-order valence-corrected chi connectivity index (χ1v) is 6.34. The number of halogens is 3. The van der Waals surface area contributed by atoms with Gasteiger partial charge in [0, 0.05) is 12.5 Å². The number of rotatable bonds is 4. The summed E-state index contributed by atoms with van der Waals surface area (Å²) in [4.78, 5) is 0. The molecular formula is C16H15F3O2. The first-order valence-electron chi connectivity index (χ1n) is 6.34. The highest BCUT2D eigenvalue weighted by atomic mass is 19.1. The summed E-state index contributed by atoms with van der Waals surface area (Å²) in [5.41, 5.74) is -1.67. The van der Waals surface area contributed by atoms with Crippen molar-refractivity contribution in [3.8, 4) is 5.75 Å². The molecule has 0 heterocycles. The maximum atomic E-state index is 14.0. The Labute approximate surface area is 120 Å². The predicted octanol–water partition coefficient (Wildman–Crippen LogP) is 3.56. The van der Waals surface area contributed by atoms with Gasteiger partial charge in [0.2, 0.25) is 0 Å². The Hall–Kier alpha value is -2.01. The van der Waals surface area contributed by atoms with Crippen molar-refractivity contribution in [1.29, 1.82) is 0 Å². The molecule has 1 atom stereocenters. The van der Waals surface area contributed by atoms with Crippen molar-refractivity contribution in [2.75, 3.05) is 7.11 Å². The Morgan fingerprint density at radius 1 is 1.10 bits per heavy atom. The summed E-state index contributed by atoms with van der Waals surface area (Å²) in [6, 6.07) is 7.19. The summed E-state index contributed by atoms with van der Waals surface area (Å²) in [7, 11) is 1.35. The molecule has 0 radical (unpaired) electrons. The Morgan fingerprint density at radius 2 is 1.81 bits per heavy atom. The fraction of sp³-hybridized carbons (Fsp3) is 0.250. The van der Waals surface area contributed by atoms with Crippen LogP contribution in [0, 0.1) is 17.5 Å². The zero-order chi connectivity index (χ0) is 15.6. The molecule has 2 rings (SSSR count). The monoisotopic (exact) mass is 296 g/mol. The van der Waals surface area contributed by atoms with Crippen LogP contribution < -0.4 is 4.74 Å². The topological polar surface area (TPSA) is 29.5 Å². The highest BCUT2D eigenvalue weighted by Crippen LogP contribution is 2.35. The van der Waals surface area contributed by atoms with Crippen LogP contribution in [0.3, 0.4) is 0 Å². The van der Waals surface area contributed by atoms with Crippen LogP contribution in [-0.2, 0) is 12.0 Å². The van der Waals surface area contributed by atoms with Crippen molar-refractivity contribution in [3.63, 3.8) is 0 Å². The second kappa shape index (κ2) is 5.77. The maximum absolute atomic E-state index is 14.0. The standard InChI is InChI=1S/C16H15F3O2/c1-16(20,9-10-6-7-11(17)8-13(10)19)15-12(18)4-3-5-14(15)21-2/h3-8,20H,9H2,1-2H3. The molecule has 0 aliphatic rings. The average molecular weight is 296 g/mol. The number of aliphatic hydroxyl groups is 1. The van der Waals surface area contributed by atoms with Crippen LogP contribution in [0.5, 0.6) is 5.75 Å². The van der Waals surface area contributed by atoms with Crippen molar-refractivity contribution in [3.05, 3.63) is 65.0 Å². The molecule has 5 heteroatoms. The first-order chi connectivity index (χ1) is 9.85. The van der Waals surface area contributed by atoms with Gasteiger partial charge in [-0.2, -0.15) is 0 Å². The summed E-state index contributed by atoms with van der Waals surface area (Å²) in [6.07, 6.45) is -0.212. The fourth-order valence-electron chi connectivity index (χ4n) is 2.32. The molecule has 0 spiro atoms. The van der Waals surface area contributed by atoms with Crippen molar-refractivity contribution < 1.29 is 23.0 Å². The third kappa shape index (κ3) is 3.19. The molecule has 1 unspecified atom stereocenters. The van der Waals surface area contributed by atoms with E-state index in [9.17, 15) is 18.3 Å². The first kappa shape index (κ1) is 15.4. The molecule has 0 aromatic heterocycles. The molecule has 0 amide bonds. The van der Waals surface area contributed by atoms with Crippen LogP contribution in [0.1, 0.15) is 18.1 Å². The van der Waals surface area contributed by atoms with E-state index in [1.54, 1.807) is 0 Å². The van der Waals surface area contributed by atoms with Gasteiger partial charge in [-0.05, 0) is 30.7 Å². The van der Waals surface area contributed by atoms with Crippen molar-refractivity contribution in [1.82, 2.24) is 0 Å². The van der Waals surface area contributed by atoms with E-state index in [2.05, 4.69) is 0 Å². The van der Waals surface area contributed by atoms with Crippen LogP contribution in [0.2, 0.25) is 0 Å². The molecule has 112 valence electrons. The van der Waals surface area contributed by atoms with E-state index in [1.165, 1.54) is 38.3 Å². The van der Waals surface area contributed by atoms with E-state index >= 15 is 0 Å². The molecule has 2 aromatic rings. The molecule has 0 fully saturated rings. The number of ether oxygens (including phenoxy) is 1. The van der Waals surface area contributed by atoms with Gasteiger partial charge in [-0.25, -0.2) is 13.2 Å². The van der Waals surface area contributed by atoms with E-state index in [1.807, 2.05) is 0 Å². The van der Waals surface area contributed by atoms with Gasteiger partial charge in [-0.15, -0.1) is 0 Å². The highest BCUT2D eigenvalue weighted by molar-refractivity contribution is 5.40. The van der Waals surface area contributed by atoms with Gasteiger partial charge < -0.3 is 9.84 Å². The van der Waals surface area contributed by atoms with Crippen molar-refractivity contribution in [2.45, 2.75) is 18.9 Å². The normalized spacial score (nSPS) is 13.8. The number of methoxy groups -OCH3 is 1. The van der Waals surface area contributed by atoms with Gasteiger partial charge in [0.25, 0.3) is 0 Å². The minimum absolute atomic E-state index is 0.0591. The van der Waals surface area contributed by atoms with Crippen LogP contribution in [0.25, 0.3) is 0 Å². The maximum Gasteiger partial charge on any atom is 0.133 e. The summed E-state index contributed by atoms with van der Waals surface area (Å²) in [5, 5.41) is 10.5. The molecule has 21 heavy (non-hydrogen) atoms. The van der Waals surface area contributed by atoms with E-state index < -0.39 is 23.1 Å². The highest BCUT2D eigenvalue weighted by Gasteiger charge is 2.31. The average Bonchev–Trinajstić information content (AvgIpc) is 2.41. The Kier molecular flexibility index (Phi) is 4.23. The lowest BCUT2D eigenvalue weighted by Gasteiger charge is -2.26. The molecule has 0 saturated carbocycles. The number of hydrogen-bond donors (Lipinski definition) is 1. The summed E-state index contributed by atoms with van der Waals surface area (Å²) in [6.45, 7) is 1.36. The predicted molar refractivity (Wildman–Crippen MR) is 72.6 cm³/mol. The van der Waals surface area contributed by atoms with Gasteiger partial charge >= 0.3 is 0 Å². The van der Waals surface area contributed by atoms with Gasteiger partial charge in [0.15, 0.2) is 0 Å². The summed E-state index contributed by atoms with van der Waals surface area (Å²) < 4.78 is 45.7. The minimum atomic E-state index is -1.70. The third-order valence-corrected chi connectivity index (χ3v) is 3.28. The SMILES string of the molecule is COc1cccc(F)c1C(C)(O)Cc1ccc(F)cc1F. The number of hydrogen-bond acceptors (Lipinski definition) is 2. The Morgan fingerprint density at radius 3 is 2.43 bits per heavy atom. The number of benzene rings is 2. The van der Waals surface area contributed by atoms with Crippen LogP contribution in [0.15, 0.2) is 36.4 Å². The second-order valence-corrected chi connectivity index (χ2v) is 5.00. The lowest BCUT2D eigenvalue weighted by molar-refractivity contribution is 0.0500. The second-order valence-electron chi connectivity index (χ2n) is 5.00. The fourth-order valence-corrected chi connectivity index (χ4v) is 2.32. The molecule has 1 N–H and O–H groups in total. The Bertz CT molecular complexity index is 654. The van der Waals surface area contributed by atoms with Crippen LogP contribution >= 0.6 is 0 Å². The minimum Gasteiger partial charge on any atom is -0.496 e. The largest absolute Gasteiger partial charge is 0.496 e. The van der Waals surface area contributed by atoms with Gasteiger partial charge in [-0.1, -0.05) is 12.1 Å². The summed E-state index contributed by atoms with van der Waals surface area (Å²) in [5.74, 6) is -1.98. The zero-order valence-electron chi connectivity index (χ0n) is 11.7. The lowest BCUT2D eigenvalue weighted by atomic mass is 9.87. The Balaban J connectivity index is 2.43. The van der Waals surface area contributed by atoms with E-state index in [4.69, 9.17) is 4.74 Å². The summed E-state index contributed by atoms with van der Waals surface area (Å²) >= 11 is 0. The van der Waals surface area contributed by atoms with E-state index in [0.29, 0.717) is 0 Å². The van der Waals surface area contributed by atoms with Crippen molar-refractivity contribution >= 4 is 0 Å². The zero-order valence-corrected chi connectivity index (χ0v) is 11.7. The molecule has 0 aliphatic heterocycles. The molecule has 0 saturated heterocycles. The quantitative estimate of drug-likeness (QED) is 0.934. The molecule has 2 nitrogen and oxygen atoms in total. The molecule has 0 aliphatic carbocycles.